The lowest BCUT2D eigenvalue weighted by Gasteiger charge is -2.63. The highest BCUT2D eigenvalue weighted by Crippen LogP contribution is 2.73. The lowest BCUT2D eigenvalue weighted by Crippen LogP contribution is -2.70. The van der Waals surface area contributed by atoms with Crippen molar-refractivity contribution in [2.24, 2.45) is 28.6 Å². The number of aliphatic hydroxyl groups excluding tert-OH is 1. The summed E-state index contributed by atoms with van der Waals surface area (Å²) in [7, 11) is 0. The first-order chi connectivity index (χ1) is 19.8. The van der Waals surface area contributed by atoms with E-state index in [-0.39, 0.29) is 35.4 Å². The molecule has 1 unspecified atom stereocenters. The highest BCUT2D eigenvalue weighted by atomic mass is 35.5. The zero-order valence-corrected chi connectivity index (χ0v) is 25.2. The number of ketones is 1. The first-order valence-corrected chi connectivity index (χ1v) is 15.6. The van der Waals surface area contributed by atoms with Crippen LogP contribution in [0.4, 0.5) is 8.78 Å². The molecule has 3 saturated carbocycles. The maximum absolute atomic E-state index is 17.6. The number of ether oxygens (including phenoxy) is 1. The number of rotatable bonds is 5. The van der Waals surface area contributed by atoms with Crippen LogP contribution in [-0.2, 0) is 30.5 Å². The summed E-state index contributed by atoms with van der Waals surface area (Å²) in [4.78, 5) is 44.4. The van der Waals surface area contributed by atoms with Gasteiger partial charge in [0.05, 0.1) is 6.10 Å². The van der Waals surface area contributed by atoms with Crippen LogP contribution in [0, 0.1) is 28.6 Å². The third-order valence-corrected chi connectivity index (χ3v) is 11.8. The minimum atomic E-state index is -2.25. The molecule has 1 N–H and O–H groups in total. The van der Waals surface area contributed by atoms with E-state index in [4.69, 9.17) is 21.2 Å². The molecule has 1 saturated heterocycles. The number of nitrogens with zero attached hydrogens (tertiary/aromatic N) is 1. The predicted octanol–water partition coefficient (Wildman–Crippen LogP) is 5.15. The van der Waals surface area contributed by atoms with Crippen molar-refractivity contribution in [2.45, 2.75) is 70.1 Å². The van der Waals surface area contributed by atoms with Gasteiger partial charge in [-0.25, -0.2) is 8.78 Å². The molecular weight excluding hydrogens is 588 g/mol. The smallest absolute Gasteiger partial charge is 0.303 e. The number of benzene rings is 1. The number of alkyl halides is 2. The van der Waals surface area contributed by atoms with Crippen LogP contribution in [0.2, 0.25) is 5.02 Å². The molecular formula is C31H34ClF2NO6S. The normalized spacial score (nSPS) is 42.3. The monoisotopic (exact) mass is 621 g/mol. The van der Waals surface area contributed by atoms with Gasteiger partial charge in [0.1, 0.15) is 12.1 Å². The zero-order chi connectivity index (χ0) is 30.2. The number of hydroxylamine groups is 2. The van der Waals surface area contributed by atoms with Gasteiger partial charge < -0.3 is 9.84 Å². The Labute approximate surface area is 252 Å². The Morgan fingerprint density at radius 2 is 1.93 bits per heavy atom. The predicted molar refractivity (Wildman–Crippen MR) is 152 cm³/mol. The molecule has 11 heteroatoms. The molecule has 7 nitrogen and oxygen atoms in total. The molecule has 0 radical (unpaired) electrons. The van der Waals surface area contributed by atoms with Gasteiger partial charge >= 0.3 is 5.97 Å². The Hall–Kier alpha value is -2.11. The molecule has 1 aromatic carbocycles. The van der Waals surface area contributed by atoms with Gasteiger partial charge in [0.25, 0.3) is 0 Å². The Morgan fingerprint density at radius 1 is 1.21 bits per heavy atom. The number of fused-ring (bicyclic) bond motifs is 7. The van der Waals surface area contributed by atoms with Gasteiger partial charge in [-0.2, -0.15) is 5.06 Å². The molecule has 226 valence electrons. The van der Waals surface area contributed by atoms with Crippen molar-refractivity contribution in [3.63, 3.8) is 0 Å². The average molecular weight is 622 g/mol. The van der Waals surface area contributed by atoms with Crippen LogP contribution in [0.15, 0.2) is 48.1 Å². The lowest BCUT2D eigenvalue weighted by molar-refractivity contribution is -0.266. The van der Waals surface area contributed by atoms with Gasteiger partial charge in [0, 0.05) is 47.7 Å². The number of aliphatic hydroxyl groups is 1. The van der Waals surface area contributed by atoms with Crippen LogP contribution >= 0.6 is 23.4 Å². The largest absolute Gasteiger partial charge is 0.454 e. The van der Waals surface area contributed by atoms with Crippen molar-refractivity contribution in [1.29, 1.82) is 0 Å². The van der Waals surface area contributed by atoms with E-state index in [1.807, 2.05) is 19.1 Å². The van der Waals surface area contributed by atoms with Crippen molar-refractivity contribution in [3.8, 4) is 0 Å². The molecule has 0 aromatic heterocycles. The zero-order valence-electron chi connectivity index (χ0n) is 23.6. The minimum absolute atomic E-state index is 0.0581. The maximum atomic E-state index is 17.6. The third-order valence-electron chi connectivity index (χ3n) is 10.7. The van der Waals surface area contributed by atoms with Crippen LogP contribution in [-0.4, -0.2) is 63.1 Å². The second-order valence-corrected chi connectivity index (χ2v) is 14.1. The topological polar surface area (TPSA) is 93.1 Å². The fourth-order valence-corrected chi connectivity index (χ4v) is 9.93. The number of carbonyl (C=O) groups excluding carboxylic acids is 3. The second kappa shape index (κ2) is 10.2. The van der Waals surface area contributed by atoms with Gasteiger partial charge in [-0.1, -0.05) is 36.7 Å². The van der Waals surface area contributed by atoms with Crippen LogP contribution in [0.25, 0.3) is 0 Å². The van der Waals surface area contributed by atoms with E-state index in [1.54, 1.807) is 24.1 Å². The number of carbonyl (C=O) groups is 3. The fraction of sp³-hybridized carbons (Fsp3) is 0.581. The molecule has 9 atom stereocenters. The van der Waals surface area contributed by atoms with E-state index in [0.29, 0.717) is 24.5 Å². The highest BCUT2D eigenvalue weighted by molar-refractivity contribution is 8.13. The molecule has 6 rings (SSSR count). The summed E-state index contributed by atoms with van der Waals surface area (Å²) in [6.07, 6.45) is 0.781. The summed E-state index contributed by atoms with van der Waals surface area (Å²) in [5.74, 6) is -2.93. The molecule has 4 aliphatic carbocycles. The Bertz CT molecular complexity index is 1390. The number of hydrogen-bond donors (Lipinski definition) is 1. The molecule has 1 aliphatic heterocycles. The number of esters is 1. The van der Waals surface area contributed by atoms with Gasteiger partial charge in [-0.05, 0) is 79.3 Å². The highest BCUT2D eigenvalue weighted by Gasteiger charge is 2.79. The second-order valence-electron chi connectivity index (χ2n) is 12.8. The summed E-state index contributed by atoms with van der Waals surface area (Å²) in [6.45, 7) is 5.39. The van der Waals surface area contributed by atoms with Gasteiger partial charge in [0.15, 0.2) is 17.1 Å². The molecule has 4 fully saturated rings. The minimum Gasteiger partial charge on any atom is -0.454 e. The molecule has 5 aliphatic rings. The van der Waals surface area contributed by atoms with Crippen LogP contribution in [0.5, 0.6) is 0 Å². The first kappa shape index (κ1) is 29.9. The lowest BCUT2D eigenvalue weighted by atomic mass is 9.44. The van der Waals surface area contributed by atoms with Crippen molar-refractivity contribution in [3.05, 3.63) is 58.7 Å². The summed E-state index contributed by atoms with van der Waals surface area (Å²) < 4.78 is 38.5. The van der Waals surface area contributed by atoms with Crippen LogP contribution < -0.4 is 0 Å². The fourth-order valence-electron chi connectivity index (χ4n) is 8.82. The van der Waals surface area contributed by atoms with E-state index < -0.39 is 58.0 Å². The average Bonchev–Trinajstić information content (AvgIpc) is 3.40. The number of allylic oxidation sites excluding steroid dienone is 4. The summed E-state index contributed by atoms with van der Waals surface area (Å²) in [5.41, 5.74) is -5.30. The molecule has 42 heavy (non-hydrogen) atoms. The number of hydrogen-bond acceptors (Lipinski definition) is 8. The standard InChI is InChI=1S/C31H34ClF2NO6S/c1-17(36)40-16-42-27(39)31-19(15-35(41-31)14-18-4-6-20(32)7-5-18)10-22-23-12-25(33)24-11-21(37)8-9-28(24,2)30(23,34)26(38)13-29(22,31)3/h4-9,11,19,22-23,25-26,38H,10,12-16H2,1-3H3/t19-,22-,23-,25-,26-,28-,29?,30-,31-/m0/s1. The van der Waals surface area contributed by atoms with Gasteiger partial charge in [-0.3, -0.25) is 19.2 Å². The Kier molecular flexibility index (Phi) is 7.29. The molecule has 0 spiro atoms. The maximum Gasteiger partial charge on any atom is 0.303 e. The molecule has 0 bridgehead atoms. The SMILES string of the molecule is CC(=O)OCSC(=O)[C@@]12ON(Cc3ccc(Cl)cc3)C[C@@H]1C[C@H]1[C@@H]3C[C@H](F)C4=CC(=O)C=C[C@]4(C)[C@@]3(F)[C@@H](O)CC12C. The molecule has 1 heterocycles. The van der Waals surface area contributed by atoms with E-state index in [1.165, 1.54) is 25.2 Å². The Balaban J connectivity index is 1.38. The van der Waals surface area contributed by atoms with E-state index in [0.717, 1.165) is 17.3 Å². The van der Waals surface area contributed by atoms with Crippen molar-refractivity contribution < 1.29 is 37.8 Å². The Morgan fingerprint density at radius 3 is 2.62 bits per heavy atom. The quantitative estimate of drug-likeness (QED) is 0.357. The van der Waals surface area contributed by atoms with Gasteiger partial charge in [-0.15, -0.1) is 0 Å². The van der Waals surface area contributed by atoms with E-state index in [9.17, 15) is 19.5 Å². The van der Waals surface area contributed by atoms with Gasteiger partial charge in [0.2, 0.25) is 5.12 Å². The van der Waals surface area contributed by atoms with Crippen LogP contribution in [0.1, 0.15) is 45.6 Å². The summed E-state index contributed by atoms with van der Waals surface area (Å²) >= 11 is 6.88. The van der Waals surface area contributed by atoms with E-state index >= 15 is 8.78 Å². The van der Waals surface area contributed by atoms with Crippen molar-refractivity contribution in [2.75, 3.05) is 12.5 Å². The number of halogens is 3. The molecule has 1 aromatic rings. The first-order valence-electron chi connectivity index (χ1n) is 14.2. The third kappa shape index (κ3) is 4.12. The van der Waals surface area contributed by atoms with Crippen LogP contribution in [0.3, 0.4) is 0 Å². The van der Waals surface area contributed by atoms with E-state index in [2.05, 4.69) is 0 Å². The number of thioether (sulfide) groups is 1. The van der Waals surface area contributed by atoms with Crippen molar-refractivity contribution in [1.82, 2.24) is 5.06 Å². The molecule has 0 amide bonds. The van der Waals surface area contributed by atoms with Crippen molar-refractivity contribution >= 4 is 40.2 Å². The summed E-state index contributed by atoms with van der Waals surface area (Å²) in [6, 6.07) is 7.28. The summed E-state index contributed by atoms with van der Waals surface area (Å²) in [5, 5.41) is 13.7.